The lowest BCUT2D eigenvalue weighted by molar-refractivity contribution is -0.111. The van der Waals surface area contributed by atoms with Gasteiger partial charge >= 0.3 is 0 Å². The molecule has 0 fully saturated rings. The number of aromatic nitrogens is 2. The fourth-order valence-electron chi connectivity index (χ4n) is 2.62. The minimum Gasteiger partial charge on any atom is -0.313 e. The summed E-state index contributed by atoms with van der Waals surface area (Å²) >= 11 is 1.54. The van der Waals surface area contributed by atoms with Crippen molar-refractivity contribution in [1.82, 2.24) is 9.78 Å². The van der Waals surface area contributed by atoms with Gasteiger partial charge in [-0.15, -0.1) is 11.3 Å². The van der Waals surface area contributed by atoms with Gasteiger partial charge in [-0.3, -0.25) is 9.48 Å². The highest BCUT2D eigenvalue weighted by Gasteiger charge is 2.21. The number of thiophene rings is 1. The number of fused-ring (bicyclic) bond motifs is 1. The predicted molar refractivity (Wildman–Crippen MR) is 86.5 cm³/mol. The van der Waals surface area contributed by atoms with Crippen molar-refractivity contribution in [3.63, 3.8) is 0 Å². The molecule has 0 aliphatic heterocycles. The Balaban J connectivity index is 1.75. The van der Waals surface area contributed by atoms with Gasteiger partial charge in [0.05, 0.1) is 11.8 Å². The Bertz CT molecular complexity index is 779. The Labute approximate surface area is 132 Å². The minimum atomic E-state index is -0.223. The molecule has 22 heavy (non-hydrogen) atoms. The van der Waals surface area contributed by atoms with Gasteiger partial charge in [-0.25, -0.2) is 0 Å². The number of nitriles is 1. The fraction of sp³-hybridized carbons (Fsp3) is 0.312. The Morgan fingerprint density at radius 1 is 1.50 bits per heavy atom. The first-order chi connectivity index (χ1) is 10.7. The molecule has 0 spiro atoms. The van der Waals surface area contributed by atoms with Gasteiger partial charge in [-0.2, -0.15) is 10.4 Å². The van der Waals surface area contributed by atoms with Crippen LogP contribution < -0.4 is 5.32 Å². The molecule has 2 aromatic rings. The number of aryl methyl sites for hydroxylation is 2. The zero-order valence-electron chi connectivity index (χ0n) is 12.3. The molecule has 1 aliphatic carbocycles. The Kier molecular flexibility index (Phi) is 4.07. The number of anilines is 1. The second-order valence-electron chi connectivity index (χ2n) is 5.30. The predicted octanol–water partition coefficient (Wildman–Crippen LogP) is 2.88. The van der Waals surface area contributed by atoms with E-state index in [-0.39, 0.29) is 5.91 Å². The van der Waals surface area contributed by atoms with Crippen LogP contribution in [0.3, 0.4) is 0 Å². The van der Waals surface area contributed by atoms with E-state index >= 15 is 0 Å². The summed E-state index contributed by atoms with van der Waals surface area (Å²) in [5.74, 6) is -0.223. The van der Waals surface area contributed by atoms with Crippen LogP contribution in [0.1, 0.15) is 34.4 Å². The lowest BCUT2D eigenvalue weighted by Crippen LogP contribution is -2.07. The SMILES string of the molecule is Cn1cc(/C=C/C(=O)Nc2sc3c(c2C#N)CCCC3)cn1. The number of carbonyl (C=O) groups excluding carboxylic acids is 1. The van der Waals surface area contributed by atoms with Crippen LogP contribution in [0.2, 0.25) is 0 Å². The summed E-state index contributed by atoms with van der Waals surface area (Å²) in [5, 5.41) is 16.9. The van der Waals surface area contributed by atoms with Crippen molar-refractivity contribution in [2.24, 2.45) is 7.05 Å². The van der Waals surface area contributed by atoms with E-state index in [1.165, 1.54) is 22.3 Å². The summed E-state index contributed by atoms with van der Waals surface area (Å²) in [6.07, 6.45) is 10.9. The van der Waals surface area contributed by atoms with E-state index in [2.05, 4.69) is 16.5 Å². The molecule has 0 unspecified atom stereocenters. The number of nitrogens with one attached hydrogen (secondary N) is 1. The van der Waals surface area contributed by atoms with Gasteiger partial charge < -0.3 is 5.32 Å². The van der Waals surface area contributed by atoms with Gasteiger partial charge in [0, 0.05) is 29.8 Å². The van der Waals surface area contributed by atoms with Crippen molar-refractivity contribution in [1.29, 1.82) is 5.26 Å². The molecule has 2 heterocycles. The first kappa shape index (κ1) is 14.5. The number of amides is 1. The van der Waals surface area contributed by atoms with E-state index in [0.29, 0.717) is 10.6 Å². The summed E-state index contributed by atoms with van der Waals surface area (Å²) in [5.41, 5.74) is 2.64. The first-order valence-electron chi connectivity index (χ1n) is 7.19. The van der Waals surface area contributed by atoms with Crippen LogP contribution in [0.25, 0.3) is 6.08 Å². The lowest BCUT2D eigenvalue weighted by atomic mass is 9.96. The van der Waals surface area contributed by atoms with E-state index in [4.69, 9.17) is 0 Å². The third kappa shape index (κ3) is 2.95. The summed E-state index contributed by atoms with van der Waals surface area (Å²) in [6.45, 7) is 0. The zero-order valence-corrected chi connectivity index (χ0v) is 13.1. The van der Waals surface area contributed by atoms with Gasteiger partial charge in [0.15, 0.2) is 0 Å². The lowest BCUT2D eigenvalue weighted by Gasteiger charge is -2.09. The highest BCUT2D eigenvalue weighted by atomic mass is 32.1. The average Bonchev–Trinajstić information content (AvgIpc) is 3.08. The van der Waals surface area contributed by atoms with Crippen LogP contribution >= 0.6 is 11.3 Å². The van der Waals surface area contributed by atoms with Gasteiger partial charge in [0.1, 0.15) is 11.1 Å². The summed E-state index contributed by atoms with van der Waals surface area (Å²) < 4.78 is 1.68. The summed E-state index contributed by atoms with van der Waals surface area (Å²) in [4.78, 5) is 13.3. The van der Waals surface area contributed by atoms with Crippen molar-refractivity contribution in [3.05, 3.63) is 40.0 Å². The molecule has 0 atom stereocenters. The van der Waals surface area contributed by atoms with Crippen LogP contribution in [-0.4, -0.2) is 15.7 Å². The largest absolute Gasteiger partial charge is 0.313 e. The summed E-state index contributed by atoms with van der Waals surface area (Å²) in [6, 6.07) is 2.24. The minimum absolute atomic E-state index is 0.223. The molecule has 3 rings (SSSR count). The zero-order chi connectivity index (χ0) is 15.5. The quantitative estimate of drug-likeness (QED) is 0.886. The first-order valence-corrected chi connectivity index (χ1v) is 8.01. The normalized spacial score (nSPS) is 13.8. The van der Waals surface area contributed by atoms with Crippen molar-refractivity contribution < 1.29 is 4.79 Å². The number of rotatable bonds is 3. The Morgan fingerprint density at radius 3 is 3.05 bits per heavy atom. The molecule has 1 N–H and O–H groups in total. The molecular formula is C16H16N4OS. The number of hydrogen-bond donors (Lipinski definition) is 1. The molecule has 0 bridgehead atoms. The van der Waals surface area contributed by atoms with Crippen LogP contribution in [-0.2, 0) is 24.7 Å². The second kappa shape index (κ2) is 6.16. The topological polar surface area (TPSA) is 70.7 Å². The molecule has 1 amide bonds. The average molecular weight is 312 g/mol. The Hall–Kier alpha value is -2.39. The molecule has 0 radical (unpaired) electrons. The van der Waals surface area contributed by atoms with E-state index in [1.807, 2.05) is 13.2 Å². The van der Waals surface area contributed by atoms with Gasteiger partial charge in [0.25, 0.3) is 0 Å². The fourth-order valence-corrected chi connectivity index (χ4v) is 3.87. The second-order valence-corrected chi connectivity index (χ2v) is 6.40. The highest BCUT2D eigenvalue weighted by molar-refractivity contribution is 7.16. The third-order valence-electron chi connectivity index (χ3n) is 3.67. The molecule has 0 saturated heterocycles. The van der Waals surface area contributed by atoms with E-state index in [0.717, 1.165) is 36.8 Å². The number of hydrogen-bond acceptors (Lipinski definition) is 4. The molecule has 0 aromatic carbocycles. The third-order valence-corrected chi connectivity index (χ3v) is 4.88. The molecule has 0 saturated carbocycles. The highest BCUT2D eigenvalue weighted by Crippen LogP contribution is 2.37. The molecule has 6 heteroatoms. The maximum absolute atomic E-state index is 12.0. The van der Waals surface area contributed by atoms with Gasteiger partial charge in [-0.1, -0.05) is 0 Å². The number of carbonyl (C=O) groups is 1. The smallest absolute Gasteiger partial charge is 0.249 e. The van der Waals surface area contributed by atoms with Crippen molar-refractivity contribution in [2.45, 2.75) is 25.7 Å². The van der Waals surface area contributed by atoms with Crippen LogP contribution in [0.15, 0.2) is 18.5 Å². The van der Waals surface area contributed by atoms with Gasteiger partial charge in [-0.05, 0) is 37.3 Å². The number of nitrogens with zero attached hydrogens (tertiary/aromatic N) is 3. The Morgan fingerprint density at radius 2 is 2.32 bits per heavy atom. The molecule has 1 aliphatic rings. The van der Waals surface area contributed by atoms with Crippen molar-refractivity contribution >= 4 is 28.3 Å². The van der Waals surface area contributed by atoms with Crippen LogP contribution in [0.4, 0.5) is 5.00 Å². The van der Waals surface area contributed by atoms with Crippen LogP contribution in [0, 0.1) is 11.3 Å². The van der Waals surface area contributed by atoms with Crippen molar-refractivity contribution in [2.75, 3.05) is 5.32 Å². The molecule has 112 valence electrons. The van der Waals surface area contributed by atoms with Crippen LogP contribution in [0.5, 0.6) is 0 Å². The van der Waals surface area contributed by atoms with E-state index in [1.54, 1.807) is 17.0 Å². The maximum Gasteiger partial charge on any atom is 0.249 e. The maximum atomic E-state index is 12.0. The molecule has 5 nitrogen and oxygen atoms in total. The molecule has 2 aromatic heterocycles. The summed E-state index contributed by atoms with van der Waals surface area (Å²) in [7, 11) is 1.83. The van der Waals surface area contributed by atoms with E-state index in [9.17, 15) is 10.1 Å². The molecular weight excluding hydrogens is 296 g/mol. The van der Waals surface area contributed by atoms with Crippen molar-refractivity contribution in [3.8, 4) is 6.07 Å². The van der Waals surface area contributed by atoms with Gasteiger partial charge in [0.2, 0.25) is 5.91 Å². The van der Waals surface area contributed by atoms with E-state index < -0.39 is 0 Å². The monoisotopic (exact) mass is 312 g/mol. The standard InChI is InChI=1S/C16H16N4OS/c1-20-10-11(9-18-20)6-7-15(21)19-16-13(8-17)12-4-2-3-5-14(12)22-16/h6-7,9-10H,2-5H2,1H3,(H,19,21)/b7-6+.